The molecule has 0 fully saturated rings. The molecule has 0 unspecified atom stereocenters. The Kier molecular flexibility index (Phi) is 3.32. The van der Waals surface area contributed by atoms with E-state index < -0.39 is 11.6 Å². The van der Waals surface area contributed by atoms with E-state index in [0.29, 0.717) is 17.9 Å². The molecule has 2 N–H and O–H groups in total. The van der Waals surface area contributed by atoms with Gasteiger partial charge in [-0.25, -0.2) is 8.78 Å². The number of halogens is 2. The minimum absolute atomic E-state index is 0.0508. The van der Waals surface area contributed by atoms with Crippen LogP contribution in [-0.4, -0.2) is 5.16 Å². The van der Waals surface area contributed by atoms with Gasteiger partial charge in [-0.1, -0.05) is 25.1 Å². The number of aromatic nitrogens is 1. The molecule has 5 heteroatoms. The van der Waals surface area contributed by atoms with Gasteiger partial charge >= 0.3 is 0 Å². The van der Waals surface area contributed by atoms with Crippen molar-refractivity contribution in [1.82, 2.24) is 5.16 Å². The molecule has 0 aliphatic carbocycles. The maximum atomic E-state index is 13.7. The summed E-state index contributed by atoms with van der Waals surface area (Å²) in [6.45, 7) is 4.00. The summed E-state index contributed by atoms with van der Waals surface area (Å²) in [6, 6.07) is 3.93. The van der Waals surface area contributed by atoms with Crippen molar-refractivity contribution in [2.45, 2.75) is 20.3 Å². The summed E-state index contributed by atoms with van der Waals surface area (Å²) in [5.41, 5.74) is 6.36. The van der Waals surface area contributed by atoms with Crippen molar-refractivity contribution in [3.63, 3.8) is 0 Å². The number of nitrogens with zero attached hydrogens (tertiary/aromatic N) is 1. The number of hydrogen-bond acceptors (Lipinski definition) is 3. The van der Waals surface area contributed by atoms with Crippen molar-refractivity contribution in [2.24, 2.45) is 5.92 Å². The van der Waals surface area contributed by atoms with Gasteiger partial charge in [0, 0.05) is 5.56 Å². The number of benzene rings is 1. The molecule has 0 atom stereocenters. The van der Waals surface area contributed by atoms with Crippen LogP contribution in [0, 0.1) is 17.6 Å². The second-order valence-electron chi connectivity index (χ2n) is 4.57. The van der Waals surface area contributed by atoms with Gasteiger partial charge < -0.3 is 10.3 Å². The largest absolute Gasteiger partial charge is 0.381 e. The number of rotatable bonds is 3. The molecule has 3 nitrogen and oxygen atoms in total. The molecule has 2 rings (SSSR count). The third-order valence-corrected chi connectivity index (χ3v) is 2.63. The first-order valence-electron chi connectivity index (χ1n) is 5.69. The van der Waals surface area contributed by atoms with Gasteiger partial charge in [-0.15, -0.1) is 0 Å². The van der Waals surface area contributed by atoms with Crippen LogP contribution in [0.4, 0.5) is 14.6 Å². The molecule has 0 spiro atoms. The van der Waals surface area contributed by atoms with Gasteiger partial charge in [0.15, 0.2) is 23.2 Å². The quantitative estimate of drug-likeness (QED) is 0.910. The normalized spacial score (nSPS) is 11.2. The summed E-state index contributed by atoms with van der Waals surface area (Å²) in [4.78, 5) is 0. The number of hydrogen-bond donors (Lipinski definition) is 1. The average Bonchev–Trinajstić information content (AvgIpc) is 2.64. The van der Waals surface area contributed by atoms with E-state index in [4.69, 9.17) is 10.3 Å². The maximum absolute atomic E-state index is 13.7. The van der Waals surface area contributed by atoms with E-state index in [1.54, 1.807) is 0 Å². The number of nitrogens with two attached hydrogens (primary N) is 1. The summed E-state index contributed by atoms with van der Waals surface area (Å²) in [6.07, 6.45) is 0.598. The van der Waals surface area contributed by atoms with Crippen molar-refractivity contribution < 1.29 is 13.3 Å². The van der Waals surface area contributed by atoms with Crippen LogP contribution in [0.25, 0.3) is 11.3 Å². The molecular formula is C13H14F2N2O. The van der Waals surface area contributed by atoms with E-state index >= 15 is 0 Å². The van der Waals surface area contributed by atoms with Gasteiger partial charge in [-0.05, 0) is 24.5 Å². The monoisotopic (exact) mass is 252 g/mol. The predicted molar refractivity (Wildman–Crippen MR) is 64.8 cm³/mol. The van der Waals surface area contributed by atoms with Gasteiger partial charge in [-0.3, -0.25) is 0 Å². The maximum Gasteiger partial charge on any atom is 0.175 e. The lowest BCUT2D eigenvalue weighted by Gasteiger charge is -2.06. The highest BCUT2D eigenvalue weighted by Gasteiger charge is 2.21. The highest BCUT2D eigenvalue weighted by atomic mass is 19.2. The molecule has 1 aromatic carbocycles. The third-order valence-electron chi connectivity index (χ3n) is 2.63. The fraction of sp³-hybridized carbons (Fsp3) is 0.308. The predicted octanol–water partition coefficient (Wildman–Crippen LogP) is 3.40. The Balaban J connectivity index is 2.54. The van der Waals surface area contributed by atoms with Crippen LogP contribution in [0.5, 0.6) is 0 Å². The minimum Gasteiger partial charge on any atom is -0.381 e. The topological polar surface area (TPSA) is 52.0 Å². The fourth-order valence-corrected chi connectivity index (χ4v) is 1.82. The smallest absolute Gasteiger partial charge is 0.175 e. The van der Waals surface area contributed by atoms with Crippen LogP contribution >= 0.6 is 0 Å². The summed E-state index contributed by atoms with van der Waals surface area (Å²) < 4.78 is 31.9. The van der Waals surface area contributed by atoms with Crippen LogP contribution in [0.2, 0.25) is 0 Å². The molecule has 0 aliphatic rings. The Labute approximate surface area is 104 Å². The average molecular weight is 252 g/mol. The zero-order valence-electron chi connectivity index (χ0n) is 10.2. The summed E-state index contributed by atoms with van der Waals surface area (Å²) in [5.74, 6) is -1.13. The molecule has 2 aromatic rings. The van der Waals surface area contributed by atoms with E-state index in [1.165, 1.54) is 12.1 Å². The van der Waals surface area contributed by atoms with Crippen LogP contribution in [-0.2, 0) is 6.42 Å². The van der Waals surface area contributed by atoms with E-state index in [0.717, 1.165) is 6.07 Å². The summed E-state index contributed by atoms with van der Waals surface area (Å²) >= 11 is 0. The van der Waals surface area contributed by atoms with E-state index in [2.05, 4.69) is 5.16 Å². The number of anilines is 1. The fourth-order valence-electron chi connectivity index (χ4n) is 1.82. The highest BCUT2D eigenvalue weighted by Crippen LogP contribution is 2.32. The van der Waals surface area contributed by atoms with Gasteiger partial charge in [0.05, 0.1) is 5.56 Å². The molecule has 0 amide bonds. The molecule has 96 valence electrons. The van der Waals surface area contributed by atoms with Crippen LogP contribution in [0.15, 0.2) is 22.7 Å². The Morgan fingerprint density at radius 1 is 1.33 bits per heavy atom. The Morgan fingerprint density at radius 2 is 2.06 bits per heavy atom. The standard InChI is InChI=1S/C13H14F2N2O/c1-7(2)6-9-12(18-17-13(9)16)8-4-3-5-10(14)11(8)15/h3-5,7H,6H2,1-2H3,(H2,16,17). The second-order valence-corrected chi connectivity index (χ2v) is 4.57. The highest BCUT2D eigenvalue weighted by molar-refractivity contribution is 5.66. The molecule has 0 radical (unpaired) electrons. The van der Waals surface area contributed by atoms with E-state index in [-0.39, 0.29) is 17.1 Å². The third kappa shape index (κ3) is 2.20. The molecule has 18 heavy (non-hydrogen) atoms. The number of nitrogen functional groups attached to an aromatic ring is 1. The molecule has 0 saturated carbocycles. The first-order chi connectivity index (χ1) is 8.50. The summed E-state index contributed by atoms with van der Waals surface area (Å²) in [5, 5.41) is 3.63. The molecule has 0 bridgehead atoms. The lowest BCUT2D eigenvalue weighted by Crippen LogP contribution is -2.00. The molecule has 1 aromatic heterocycles. The van der Waals surface area contributed by atoms with E-state index in [1.807, 2.05) is 13.8 Å². The zero-order valence-corrected chi connectivity index (χ0v) is 10.2. The van der Waals surface area contributed by atoms with Crippen LogP contribution < -0.4 is 5.73 Å². The SMILES string of the molecule is CC(C)Cc1c(N)noc1-c1cccc(F)c1F. The molecule has 0 saturated heterocycles. The van der Waals surface area contributed by atoms with Crippen LogP contribution in [0.1, 0.15) is 19.4 Å². The molecule has 1 heterocycles. The lowest BCUT2D eigenvalue weighted by atomic mass is 9.99. The van der Waals surface area contributed by atoms with Gasteiger partial charge in [-0.2, -0.15) is 0 Å². The lowest BCUT2D eigenvalue weighted by molar-refractivity contribution is 0.429. The van der Waals surface area contributed by atoms with Crippen molar-refractivity contribution in [3.8, 4) is 11.3 Å². The second kappa shape index (κ2) is 4.76. The first kappa shape index (κ1) is 12.5. The first-order valence-corrected chi connectivity index (χ1v) is 5.69. The van der Waals surface area contributed by atoms with Gasteiger partial charge in [0.2, 0.25) is 0 Å². The van der Waals surface area contributed by atoms with Crippen molar-refractivity contribution in [1.29, 1.82) is 0 Å². The van der Waals surface area contributed by atoms with Crippen molar-refractivity contribution >= 4 is 5.82 Å². The van der Waals surface area contributed by atoms with Crippen molar-refractivity contribution in [3.05, 3.63) is 35.4 Å². The zero-order chi connectivity index (χ0) is 13.3. The van der Waals surface area contributed by atoms with Gasteiger partial charge in [0.1, 0.15) is 0 Å². The molecular weight excluding hydrogens is 238 g/mol. The minimum atomic E-state index is -0.946. The van der Waals surface area contributed by atoms with E-state index in [9.17, 15) is 8.78 Å². The van der Waals surface area contributed by atoms with Gasteiger partial charge in [0.25, 0.3) is 0 Å². The Hall–Kier alpha value is -1.91. The van der Waals surface area contributed by atoms with Crippen molar-refractivity contribution in [2.75, 3.05) is 5.73 Å². The Bertz CT molecular complexity index is 564. The van der Waals surface area contributed by atoms with Crippen LogP contribution in [0.3, 0.4) is 0 Å². The summed E-state index contributed by atoms with van der Waals surface area (Å²) in [7, 11) is 0. The Morgan fingerprint density at radius 3 is 2.72 bits per heavy atom. The molecule has 0 aliphatic heterocycles.